The van der Waals surface area contributed by atoms with Crippen molar-refractivity contribution in [3.05, 3.63) is 35.9 Å². The second-order valence-corrected chi connectivity index (χ2v) is 6.02. The van der Waals surface area contributed by atoms with Gasteiger partial charge in [-0.1, -0.05) is 30.3 Å². The van der Waals surface area contributed by atoms with Gasteiger partial charge in [0.05, 0.1) is 5.92 Å². The van der Waals surface area contributed by atoms with Crippen molar-refractivity contribution in [2.75, 3.05) is 20.1 Å². The van der Waals surface area contributed by atoms with E-state index < -0.39 is 12.0 Å². The Bertz CT molecular complexity index is 518. The number of carbonyl (C=O) groups is 2. The maximum Gasteiger partial charge on any atom is 0.326 e. The summed E-state index contributed by atoms with van der Waals surface area (Å²) in [5.74, 6) is -1.13. The minimum atomic E-state index is -0.965. The van der Waals surface area contributed by atoms with Crippen LogP contribution in [0.25, 0.3) is 0 Å². The number of amides is 1. The van der Waals surface area contributed by atoms with E-state index in [0.717, 1.165) is 25.9 Å². The molecule has 5 nitrogen and oxygen atoms in total. The van der Waals surface area contributed by atoms with E-state index in [9.17, 15) is 9.59 Å². The van der Waals surface area contributed by atoms with Crippen LogP contribution in [0.3, 0.4) is 0 Å². The standard InChI is InChI=1S/C17H24N2O3/c1-13(17(21)22)18(2)16(20)15-9-6-10-19(12-15)11-14-7-4-3-5-8-14/h3-5,7-8,13,15H,6,9-12H2,1-2H3,(H,21,22)/t13-,15+/m0/s1. The van der Waals surface area contributed by atoms with Gasteiger partial charge in [-0.3, -0.25) is 9.69 Å². The highest BCUT2D eigenvalue weighted by molar-refractivity contribution is 5.84. The Labute approximate surface area is 131 Å². The summed E-state index contributed by atoms with van der Waals surface area (Å²) in [6, 6.07) is 9.42. The van der Waals surface area contributed by atoms with Crippen molar-refractivity contribution < 1.29 is 14.7 Å². The number of nitrogens with zero attached hydrogens (tertiary/aromatic N) is 2. The highest BCUT2D eigenvalue weighted by atomic mass is 16.4. The number of rotatable bonds is 5. The zero-order chi connectivity index (χ0) is 16.1. The van der Waals surface area contributed by atoms with Crippen molar-refractivity contribution >= 4 is 11.9 Å². The second-order valence-electron chi connectivity index (χ2n) is 6.02. The van der Waals surface area contributed by atoms with Gasteiger partial charge in [0.25, 0.3) is 0 Å². The van der Waals surface area contributed by atoms with Gasteiger partial charge in [0.15, 0.2) is 0 Å². The monoisotopic (exact) mass is 304 g/mol. The first-order chi connectivity index (χ1) is 10.5. The molecule has 0 unspecified atom stereocenters. The van der Waals surface area contributed by atoms with E-state index in [1.807, 2.05) is 18.2 Å². The van der Waals surface area contributed by atoms with Gasteiger partial charge < -0.3 is 10.0 Å². The number of carboxylic acids is 1. The van der Waals surface area contributed by atoms with Gasteiger partial charge in [0.2, 0.25) is 5.91 Å². The van der Waals surface area contributed by atoms with Crippen LogP contribution >= 0.6 is 0 Å². The zero-order valence-corrected chi connectivity index (χ0v) is 13.2. The molecule has 1 aromatic carbocycles. The molecule has 0 aliphatic carbocycles. The molecule has 1 aromatic rings. The molecular weight excluding hydrogens is 280 g/mol. The van der Waals surface area contributed by atoms with Gasteiger partial charge in [0, 0.05) is 20.1 Å². The number of piperidine rings is 1. The van der Waals surface area contributed by atoms with E-state index in [0.29, 0.717) is 6.54 Å². The van der Waals surface area contributed by atoms with Gasteiger partial charge in [-0.2, -0.15) is 0 Å². The molecule has 1 saturated heterocycles. The number of hydrogen-bond acceptors (Lipinski definition) is 3. The lowest BCUT2D eigenvalue weighted by atomic mass is 9.95. The molecule has 1 aliphatic rings. The number of aliphatic carboxylic acids is 1. The Kier molecular flexibility index (Phi) is 5.55. The maximum atomic E-state index is 12.5. The Morgan fingerprint density at radius 3 is 2.68 bits per heavy atom. The van der Waals surface area contributed by atoms with Crippen molar-refractivity contribution in [1.29, 1.82) is 0 Å². The molecule has 1 amide bonds. The van der Waals surface area contributed by atoms with Crippen LogP contribution in [0.4, 0.5) is 0 Å². The summed E-state index contributed by atoms with van der Waals surface area (Å²) >= 11 is 0. The Morgan fingerprint density at radius 2 is 2.05 bits per heavy atom. The first-order valence-corrected chi connectivity index (χ1v) is 7.74. The van der Waals surface area contributed by atoms with Gasteiger partial charge in [-0.15, -0.1) is 0 Å². The summed E-state index contributed by atoms with van der Waals surface area (Å²) in [6.45, 7) is 4.06. The molecule has 1 N–H and O–H groups in total. The molecule has 2 rings (SSSR count). The van der Waals surface area contributed by atoms with Crippen LogP contribution < -0.4 is 0 Å². The normalized spacial score (nSPS) is 20.4. The summed E-state index contributed by atoms with van der Waals surface area (Å²) in [5.41, 5.74) is 1.24. The second kappa shape index (κ2) is 7.40. The lowest BCUT2D eigenvalue weighted by molar-refractivity contribution is -0.150. The largest absolute Gasteiger partial charge is 0.480 e. The highest BCUT2D eigenvalue weighted by Crippen LogP contribution is 2.21. The number of carboxylic acid groups (broad SMARTS) is 1. The fourth-order valence-corrected chi connectivity index (χ4v) is 2.89. The summed E-state index contributed by atoms with van der Waals surface area (Å²) < 4.78 is 0. The molecule has 0 radical (unpaired) electrons. The third-order valence-electron chi connectivity index (χ3n) is 4.39. The molecule has 1 aliphatic heterocycles. The van der Waals surface area contributed by atoms with Crippen molar-refractivity contribution in [2.45, 2.75) is 32.4 Å². The van der Waals surface area contributed by atoms with Gasteiger partial charge in [-0.25, -0.2) is 4.79 Å². The Morgan fingerprint density at radius 1 is 1.36 bits per heavy atom. The molecule has 1 heterocycles. The van der Waals surface area contributed by atoms with Crippen LogP contribution in [0.15, 0.2) is 30.3 Å². The summed E-state index contributed by atoms with van der Waals surface area (Å²) in [4.78, 5) is 27.1. The molecule has 0 spiro atoms. The van der Waals surface area contributed by atoms with Gasteiger partial charge >= 0.3 is 5.97 Å². The van der Waals surface area contributed by atoms with Crippen LogP contribution in [-0.4, -0.2) is 53.0 Å². The number of carbonyl (C=O) groups excluding carboxylic acids is 1. The molecule has 0 aromatic heterocycles. The Hall–Kier alpha value is -1.88. The van der Waals surface area contributed by atoms with Gasteiger partial charge in [-0.05, 0) is 31.9 Å². The maximum absolute atomic E-state index is 12.5. The van der Waals surface area contributed by atoms with Crippen LogP contribution in [-0.2, 0) is 16.1 Å². The number of hydrogen-bond donors (Lipinski definition) is 1. The summed E-state index contributed by atoms with van der Waals surface area (Å²) in [6.07, 6.45) is 1.80. The van der Waals surface area contributed by atoms with Gasteiger partial charge in [0.1, 0.15) is 6.04 Å². The van der Waals surface area contributed by atoms with E-state index in [2.05, 4.69) is 17.0 Å². The highest BCUT2D eigenvalue weighted by Gasteiger charge is 2.31. The Balaban J connectivity index is 1.95. The molecule has 2 atom stereocenters. The molecule has 0 saturated carbocycles. The van der Waals surface area contributed by atoms with E-state index in [-0.39, 0.29) is 11.8 Å². The molecular formula is C17H24N2O3. The van der Waals surface area contributed by atoms with Crippen molar-refractivity contribution in [3.8, 4) is 0 Å². The lowest BCUT2D eigenvalue weighted by Crippen LogP contribution is -2.47. The third-order valence-corrected chi connectivity index (χ3v) is 4.39. The van der Waals surface area contributed by atoms with Crippen LogP contribution in [0.2, 0.25) is 0 Å². The average molecular weight is 304 g/mol. The fourth-order valence-electron chi connectivity index (χ4n) is 2.89. The first-order valence-electron chi connectivity index (χ1n) is 7.74. The molecule has 22 heavy (non-hydrogen) atoms. The molecule has 5 heteroatoms. The minimum Gasteiger partial charge on any atom is -0.480 e. The molecule has 0 bridgehead atoms. The zero-order valence-electron chi connectivity index (χ0n) is 13.2. The third kappa shape index (κ3) is 4.07. The van der Waals surface area contributed by atoms with E-state index in [1.165, 1.54) is 10.5 Å². The molecule has 1 fully saturated rings. The SMILES string of the molecule is C[C@@H](C(=O)O)N(C)C(=O)[C@@H]1CCCN(Cc2ccccc2)C1. The number of benzene rings is 1. The predicted octanol–water partition coefficient (Wildman–Crippen LogP) is 1.83. The summed E-state index contributed by atoms with van der Waals surface area (Å²) in [7, 11) is 1.58. The van der Waals surface area contributed by atoms with E-state index >= 15 is 0 Å². The molecule has 120 valence electrons. The van der Waals surface area contributed by atoms with Crippen molar-refractivity contribution in [3.63, 3.8) is 0 Å². The smallest absolute Gasteiger partial charge is 0.326 e. The van der Waals surface area contributed by atoms with Crippen LogP contribution in [0.5, 0.6) is 0 Å². The minimum absolute atomic E-state index is 0.0624. The number of likely N-dealkylation sites (tertiary alicyclic amines) is 1. The van der Waals surface area contributed by atoms with E-state index in [1.54, 1.807) is 14.0 Å². The predicted molar refractivity (Wildman–Crippen MR) is 84.3 cm³/mol. The quantitative estimate of drug-likeness (QED) is 0.901. The first kappa shape index (κ1) is 16.5. The van der Waals surface area contributed by atoms with Crippen LogP contribution in [0, 0.1) is 5.92 Å². The average Bonchev–Trinajstić information content (AvgIpc) is 2.54. The van der Waals surface area contributed by atoms with E-state index in [4.69, 9.17) is 5.11 Å². The summed E-state index contributed by atoms with van der Waals surface area (Å²) in [5, 5.41) is 9.04. The van der Waals surface area contributed by atoms with Crippen molar-refractivity contribution in [2.24, 2.45) is 5.92 Å². The van der Waals surface area contributed by atoms with Crippen LogP contribution in [0.1, 0.15) is 25.3 Å². The number of likely N-dealkylation sites (N-methyl/N-ethyl adjacent to an activating group) is 1. The lowest BCUT2D eigenvalue weighted by Gasteiger charge is -2.34. The fraction of sp³-hybridized carbons (Fsp3) is 0.529. The van der Waals surface area contributed by atoms with Crippen molar-refractivity contribution in [1.82, 2.24) is 9.80 Å². The topological polar surface area (TPSA) is 60.9 Å².